The van der Waals surface area contributed by atoms with Crippen LogP contribution in [0, 0.1) is 0 Å². The summed E-state index contributed by atoms with van der Waals surface area (Å²) < 4.78 is 27.7. The number of hydrogen-bond acceptors (Lipinski definition) is 4. The van der Waals surface area contributed by atoms with E-state index in [1.54, 1.807) is 13.8 Å². The third-order valence-corrected chi connectivity index (χ3v) is 4.07. The third kappa shape index (κ3) is 10.0. The topological polar surface area (TPSA) is 56.8 Å². The molecule has 0 rings (SSSR count). The van der Waals surface area contributed by atoms with Crippen LogP contribution in [0.25, 0.3) is 0 Å². The van der Waals surface area contributed by atoms with Gasteiger partial charge in [-0.25, -0.2) is 9.65 Å². The Kier molecular flexibility index (Phi) is 12.2. The molecule has 5 nitrogen and oxygen atoms in total. The second-order valence-corrected chi connectivity index (χ2v) is 5.74. The standard InChI is InChI=1S/C12H28NO4P/c1-4-7-11-15-12-9-8-10-13-18(14,16-5-2)17-6-3/h4-12H2,1-3H3,(H,13,14). The van der Waals surface area contributed by atoms with Gasteiger partial charge in [-0.2, -0.15) is 0 Å². The molecular weight excluding hydrogens is 253 g/mol. The molecule has 0 bridgehead atoms. The van der Waals surface area contributed by atoms with Gasteiger partial charge in [-0.1, -0.05) is 13.3 Å². The first-order valence-corrected chi connectivity index (χ1v) is 8.44. The van der Waals surface area contributed by atoms with Gasteiger partial charge in [-0.3, -0.25) is 9.05 Å². The lowest BCUT2D eigenvalue weighted by Gasteiger charge is -2.17. The van der Waals surface area contributed by atoms with Crippen LogP contribution in [0.2, 0.25) is 0 Å². The molecule has 0 fully saturated rings. The molecule has 0 unspecified atom stereocenters. The molecule has 1 N–H and O–H groups in total. The molecule has 0 saturated heterocycles. The molecule has 18 heavy (non-hydrogen) atoms. The first-order valence-electron chi connectivity index (χ1n) is 6.90. The summed E-state index contributed by atoms with van der Waals surface area (Å²) in [5.41, 5.74) is 0. The van der Waals surface area contributed by atoms with Crippen LogP contribution in [0.5, 0.6) is 0 Å². The van der Waals surface area contributed by atoms with E-state index in [1.807, 2.05) is 0 Å². The van der Waals surface area contributed by atoms with E-state index in [-0.39, 0.29) is 0 Å². The Bertz CT molecular complexity index is 216. The highest BCUT2D eigenvalue weighted by atomic mass is 31.2. The Morgan fingerprint density at radius 3 is 2.11 bits per heavy atom. The highest BCUT2D eigenvalue weighted by Crippen LogP contribution is 2.43. The van der Waals surface area contributed by atoms with E-state index in [0.717, 1.165) is 38.9 Å². The van der Waals surface area contributed by atoms with Gasteiger partial charge < -0.3 is 4.74 Å². The van der Waals surface area contributed by atoms with Crippen molar-refractivity contribution in [2.75, 3.05) is 33.0 Å². The third-order valence-electron chi connectivity index (χ3n) is 2.26. The van der Waals surface area contributed by atoms with E-state index in [1.165, 1.54) is 0 Å². The molecule has 0 aromatic heterocycles. The van der Waals surface area contributed by atoms with Gasteiger partial charge in [0.15, 0.2) is 0 Å². The molecule has 0 amide bonds. The predicted molar refractivity (Wildman–Crippen MR) is 73.8 cm³/mol. The van der Waals surface area contributed by atoms with Crippen molar-refractivity contribution in [1.82, 2.24) is 5.09 Å². The van der Waals surface area contributed by atoms with Crippen LogP contribution < -0.4 is 5.09 Å². The fourth-order valence-corrected chi connectivity index (χ4v) is 2.73. The summed E-state index contributed by atoms with van der Waals surface area (Å²) in [5, 5.41) is 2.86. The summed E-state index contributed by atoms with van der Waals surface area (Å²) in [6.45, 7) is 8.72. The molecular formula is C12H28NO4P. The molecule has 0 heterocycles. The van der Waals surface area contributed by atoms with Gasteiger partial charge in [0, 0.05) is 19.8 Å². The maximum Gasteiger partial charge on any atom is 0.405 e. The van der Waals surface area contributed by atoms with Crippen LogP contribution in [0.15, 0.2) is 0 Å². The molecule has 0 atom stereocenters. The zero-order valence-corrected chi connectivity index (χ0v) is 12.8. The summed E-state index contributed by atoms with van der Waals surface area (Å²) in [4.78, 5) is 0. The number of unbranched alkanes of at least 4 members (excludes halogenated alkanes) is 2. The maximum atomic E-state index is 12.0. The van der Waals surface area contributed by atoms with Crippen molar-refractivity contribution in [3.05, 3.63) is 0 Å². The van der Waals surface area contributed by atoms with Crippen LogP contribution in [-0.2, 0) is 18.3 Å². The first kappa shape index (κ1) is 18.1. The van der Waals surface area contributed by atoms with E-state index in [4.69, 9.17) is 13.8 Å². The molecule has 0 radical (unpaired) electrons. The fraction of sp³-hybridized carbons (Fsp3) is 1.00. The smallest absolute Gasteiger partial charge is 0.381 e. The minimum Gasteiger partial charge on any atom is -0.381 e. The zero-order chi connectivity index (χ0) is 13.7. The van der Waals surface area contributed by atoms with E-state index < -0.39 is 7.75 Å². The molecule has 0 aromatic rings. The van der Waals surface area contributed by atoms with Crippen LogP contribution in [0.1, 0.15) is 46.5 Å². The molecule has 0 aromatic carbocycles. The lowest BCUT2D eigenvalue weighted by Crippen LogP contribution is -2.16. The molecule has 110 valence electrons. The van der Waals surface area contributed by atoms with Crippen molar-refractivity contribution in [2.45, 2.75) is 46.5 Å². The average molecular weight is 281 g/mol. The highest BCUT2D eigenvalue weighted by molar-refractivity contribution is 7.51. The lowest BCUT2D eigenvalue weighted by molar-refractivity contribution is 0.127. The molecule has 0 aliphatic rings. The molecule has 0 saturated carbocycles. The number of hydrogen-bond donors (Lipinski definition) is 1. The summed E-state index contributed by atoms with van der Waals surface area (Å²) in [5.74, 6) is 0. The molecule has 0 aliphatic carbocycles. The summed E-state index contributed by atoms with van der Waals surface area (Å²) in [6, 6.07) is 0. The van der Waals surface area contributed by atoms with Crippen molar-refractivity contribution >= 4 is 7.75 Å². The fourth-order valence-electron chi connectivity index (χ4n) is 1.36. The molecule has 0 aliphatic heterocycles. The number of rotatable bonds is 13. The minimum absolute atomic E-state index is 0.379. The largest absolute Gasteiger partial charge is 0.405 e. The van der Waals surface area contributed by atoms with Crippen LogP contribution in [0.3, 0.4) is 0 Å². The van der Waals surface area contributed by atoms with Gasteiger partial charge in [-0.05, 0) is 33.1 Å². The Balaban J connectivity index is 3.52. The van der Waals surface area contributed by atoms with Crippen molar-refractivity contribution in [2.24, 2.45) is 0 Å². The first-order chi connectivity index (χ1) is 8.68. The normalized spacial score (nSPS) is 11.9. The van der Waals surface area contributed by atoms with Crippen molar-refractivity contribution in [3.8, 4) is 0 Å². The van der Waals surface area contributed by atoms with E-state index in [0.29, 0.717) is 19.8 Å². The Labute approximate surface area is 111 Å². The highest BCUT2D eigenvalue weighted by Gasteiger charge is 2.21. The van der Waals surface area contributed by atoms with Crippen LogP contribution in [0.4, 0.5) is 0 Å². The van der Waals surface area contributed by atoms with Gasteiger partial charge in [0.05, 0.1) is 13.2 Å². The van der Waals surface area contributed by atoms with E-state index >= 15 is 0 Å². The average Bonchev–Trinajstić information content (AvgIpc) is 2.33. The van der Waals surface area contributed by atoms with E-state index in [9.17, 15) is 4.57 Å². The minimum atomic E-state index is -3.08. The quantitative estimate of drug-likeness (QED) is 0.414. The van der Waals surface area contributed by atoms with Gasteiger partial charge in [-0.15, -0.1) is 0 Å². The zero-order valence-electron chi connectivity index (χ0n) is 11.9. The summed E-state index contributed by atoms with van der Waals surface area (Å²) in [6.07, 6.45) is 4.13. The van der Waals surface area contributed by atoms with Gasteiger partial charge in [0.25, 0.3) is 0 Å². The number of nitrogens with one attached hydrogen (secondary N) is 1. The Morgan fingerprint density at radius 2 is 1.56 bits per heavy atom. The summed E-state index contributed by atoms with van der Waals surface area (Å²) in [7, 11) is -3.08. The van der Waals surface area contributed by atoms with Gasteiger partial charge in [0.2, 0.25) is 0 Å². The van der Waals surface area contributed by atoms with Crippen molar-refractivity contribution in [1.29, 1.82) is 0 Å². The Morgan fingerprint density at radius 1 is 0.944 bits per heavy atom. The molecule has 0 spiro atoms. The van der Waals surface area contributed by atoms with E-state index in [2.05, 4.69) is 12.0 Å². The second kappa shape index (κ2) is 12.1. The number of ether oxygens (including phenoxy) is 1. The molecule has 6 heteroatoms. The van der Waals surface area contributed by atoms with Crippen molar-refractivity contribution < 1.29 is 18.3 Å². The van der Waals surface area contributed by atoms with Gasteiger partial charge in [0.1, 0.15) is 0 Å². The Hall–Kier alpha value is 0.0700. The maximum absolute atomic E-state index is 12.0. The van der Waals surface area contributed by atoms with Gasteiger partial charge >= 0.3 is 7.75 Å². The predicted octanol–water partition coefficient (Wildman–Crippen LogP) is 3.35. The monoisotopic (exact) mass is 281 g/mol. The van der Waals surface area contributed by atoms with Crippen LogP contribution in [-0.4, -0.2) is 33.0 Å². The second-order valence-electron chi connectivity index (χ2n) is 3.91. The van der Waals surface area contributed by atoms with Crippen LogP contribution >= 0.6 is 7.75 Å². The SMILES string of the molecule is CCCCOCCCCNP(=O)(OCC)OCC. The van der Waals surface area contributed by atoms with Crippen molar-refractivity contribution in [3.63, 3.8) is 0 Å². The lowest BCUT2D eigenvalue weighted by atomic mass is 10.3. The summed E-state index contributed by atoms with van der Waals surface area (Å²) >= 11 is 0.